The number of amides is 1. The van der Waals surface area contributed by atoms with Gasteiger partial charge < -0.3 is 10.6 Å². The van der Waals surface area contributed by atoms with E-state index >= 15 is 0 Å². The average Bonchev–Trinajstić information content (AvgIpc) is 2.22. The zero-order valence-electron chi connectivity index (χ0n) is 8.72. The van der Waals surface area contributed by atoms with E-state index in [2.05, 4.69) is 10.6 Å². The van der Waals surface area contributed by atoms with E-state index in [1.54, 1.807) is 12.1 Å². The highest BCUT2D eigenvalue weighted by atomic mass is 19.1. The van der Waals surface area contributed by atoms with Crippen LogP contribution in [0.5, 0.6) is 0 Å². The van der Waals surface area contributed by atoms with E-state index in [9.17, 15) is 9.18 Å². The van der Waals surface area contributed by atoms with Gasteiger partial charge in [-0.15, -0.1) is 0 Å². The summed E-state index contributed by atoms with van der Waals surface area (Å²) in [5.74, 6) is -0.328. The summed E-state index contributed by atoms with van der Waals surface area (Å²) in [7, 11) is 1.83. The molecule has 82 valence electrons. The third-order valence-corrected chi connectivity index (χ3v) is 1.98. The average molecular weight is 210 g/mol. The second-order valence-corrected chi connectivity index (χ2v) is 3.26. The van der Waals surface area contributed by atoms with E-state index in [4.69, 9.17) is 0 Å². The van der Waals surface area contributed by atoms with Gasteiger partial charge in [-0.2, -0.15) is 0 Å². The molecule has 1 amide bonds. The van der Waals surface area contributed by atoms with E-state index < -0.39 is 0 Å². The van der Waals surface area contributed by atoms with Crippen LogP contribution in [-0.4, -0.2) is 26.0 Å². The molecule has 2 N–H and O–H groups in total. The van der Waals surface area contributed by atoms with Crippen LogP contribution in [0.15, 0.2) is 24.3 Å². The predicted molar refractivity (Wildman–Crippen MR) is 57.0 cm³/mol. The maximum atomic E-state index is 12.6. The highest BCUT2D eigenvalue weighted by Gasteiger charge is 2.02. The maximum Gasteiger partial charge on any atom is 0.224 e. The third kappa shape index (κ3) is 4.56. The summed E-state index contributed by atoms with van der Waals surface area (Å²) in [4.78, 5) is 11.3. The molecular weight excluding hydrogens is 195 g/mol. The van der Waals surface area contributed by atoms with Crippen LogP contribution in [0.1, 0.15) is 5.56 Å². The van der Waals surface area contributed by atoms with Crippen molar-refractivity contribution in [3.63, 3.8) is 0 Å². The van der Waals surface area contributed by atoms with Crippen LogP contribution in [0, 0.1) is 5.82 Å². The molecule has 4 heteroatoms. The Morgan fingerprint density at radius 1 is 1.27 bits per heavy atom. The molecule has 3 nitrogen and oxygen atoms in total. The van der Waals surface area contributed by atoms with Crippen LogP contribution >= 0.6 is 0 Å². The monoisotopic (exact) mass is 210 g/mol. The molecule has 1 aromatic rings. The Bertz CT molecular complexity index is 311. The minimum absolute atomic E-state index is 0.0446. The van der Waals surface area contributed by atoms with Gasteiger partial charge >= 0.3 is 0 Å². The van der Waals surface area contributed by atoms with Gasteiger partial charge in [0, 0.05) is 13.1 Å². The smallest absolute Gasteiger partial charge is 0.224 e. The molecule has 0 radical (unpaired) electrons. The first kappa shape index (κ1) is 11.7. The number of benzene rings is 1. The van der Waals surface area contributed by atoms with Gasteiger partial charge in [0.2, 0.25) is 5.91 Å². The summed E-state index contributed by atoms with van der Waals surface area (Å²) in [5.41, 5.74) is 0.818. The largest absolute Gasteiger partial charge is 0.355 e. The van der Waals surface area contributed by atoms with Crippen LogP contribution in [0.3, 0.4) is 0 Å². The molecule has 1 rings (SSSR count). The SMILES string of the molecule is CNCCNC(=O)Cc1ccc(F)cc1. The van der Waals surface area contributed by atoms with Gasteiger partial charge in [-0.1, -0.05) is 12.1 Å². The minimum Gasteiger partial charge on any atom is -0.355 e. The van der Waals surface area contributed by atoms with E-state index in [1.807, 2.05) is 7.05 Å². The topological polar surface area (TPSA) is 41.1 Å². The van der Waals surface area contributed by atoms with Crippen LogP contribution < -0.4 is 10.6 Å². The van der Waals surface area contributed by atoms with Crippen LogP contribution in [0.25, 0.3) is 0 Å². The fourth-order valence-corrected chi connectivity index (χ4v) is 1.18. The molecule has 0 aliphatic heterocycles. The molecule has 0 spiro atoms. The summed E-state index contributed by atoms with van der Waals surface area (Å²) in [5, 5.41) is 5.68. The number of rotatable bonds is 5. The van der Waals surface area contributed by atoms with Crippen molar-refractivity contribution in [2.75, 3.05) is 20.1 Å². The lowest BCUT2D eigenvalue weighted by atomic mass is 10.1. The standard InChI is InChI=1S/C11H15FN2O/c1-13-6-7-14-11(15)8-9-2-4-10(12)5-3-9/h2-5,13H,6-8H2,1H3,(H,14,15). The molecule has 0 aliphatic carbocycles. The van der Waals surface area contributed by atoms with Gasteiger partial charge in [-0.25, -0.2) is 4.39 Å². The van der Waals surface area contributed by atoms with Crippen molar-refractivity contribution in [2.24, 2.45) is 0 Å². The highest BCUT2D eigenvalue weighted by molar-refractivity contribution is 5.78. The number of halogens is 1. The van der Waals surface area contributed by atoms with Crippen molar-refractivity contribution in [3.05, 3.63) is 35.6 Å². The molecule has 0 saturated carbocycles. The molecule has 0 unspecified atom stereocenters. The van der Waals surface area contributed by atoms with Gasteiger partial charge in [0.1, 0.15) is 5.82 Å². The summed E-state index contributed by atoms with van der Waals surface area (Å²) in [6.07, 6.45) is 0.296. The lowest BCUT2D eigenvalue weighted by Gasteiger charge is -2.04. The second-order valence-electron chi connectivity index (χ2n) is 3.26. The molecule has 0 fully saturated rings. The van der Waals surface area contributed by atoms with Crippen molar-refractivity contribution in [2.45, 2.75) is 6.42 Å². The zero-order valence-corrected chi connectivity index (χ0v) is 8.72. The summed E-state index contributed by atoms with van der Waals surface area (Å²) in [6, 6.07) is 5.95. The Kier molecular flexibility index (Phi) is 4.77. The number of carbonyl (C=O) groups is 1. The minimum atomic E-state index is -0.283. The molecule has 15 heavy (non-hydrogen) atoms. The Balaban J connectivity index is 2.34. The van der Waals surface area contributed by atoms with Crippen LogP contribution in [0.2, 0.25) is 0 Å². The fourth-order valence-electron chi connectivity index (χ4n) is 1.18. The lowest BCUT2D eigenvalue weighted by molar-refractivity contribution is -0.120. The highest BCUT2D eigenvalue weighted by Crippen LogP contribution is 2.03. The quantitative estimate of drug-likeness (QED) is 0.702. The molecule has 0 aromatic heterocycles. The molecule has 0 heterocycles. The van der Waals surface area contributed by atoms with Gasteiger partial charge in [-0.05, 0) is 24.7 Å². The van der Waals surface area contributed by atoms with Crippen molar-refractivity contribution in [1.82, 2.24) is 10.6 Å². The van der Waals surface area contributed by atoms with Gasteiger partial charge in [0.05, 0.1) is 6.42 Å². The number of nitrogens with one attached hydrogen (secondary N) is 2. The first-order valence-corrected chi connectivity index (χ1v) is 4.88. The van der Waals surface area contributed by atoms with Crippen molar-refractivity contribution in [1.29, 1.82) is 0 Å². The molecule has 0 saturated heterocycles. The van der Waals surface area contributed by atoms with E-state index in [1.165, 1.54) is 12.1 Å². The first-order chi connectivity index (χ1) is 7.22. The summed E-state index contributed by atoms with van der Waals surface area (Å²) >= 11 is 0. The summed E-state index contributed by atoms with van der Waals surface area (Å²) in [6.45, 7) is 1.35. The first-order valence-electron chi connectivity index (χ1n) is 4.88. The van der Waals surface area contributed by atoms with Crippen LogP contribution in [0.4, 0.5) is 4.39 Å². The van der Waals surface area contributed by atoms with E-state index in [-0.39, 0.29) is 11.7 Å². The molecule has 0 aliphatic rings. The number of hydrogen-bond acceptors (Lipinski definition) is 2. The van der Waals surface area contributed by atoms with E-state index in [0.717, 1.165) is 12.1 Å². The Hall–Kier alpha value is -1.42. The zero-order chi connectivity index (χ0) is 11.1. The Labute approximate surface area is 88.7 Å². The van der Waals surface area contributed by atoms with Gasteiger partial charge in [0.25, 0.3) is 0 Å². The van der Waals surface area contributed by atoms with Gasteiger partial charge in [0.15, 0.2) is 0 Å². The molecular formula is C11H15FN2O. The van der Waals surface area contributed by atoms with Gasteiger partial charge in [-0.3, -0.25) is 4.79 Å². The van der Waals surface area contributed by atoms with Crippen LogP contribution in [-0.2, 0) is 11.2 Å². The van der Waals surface area contributed by atoms with Crippen molar-refractivity contribution >= 4 is 5.91 Å². The van der Waals surface area contributed by atoms with Crippen molar-refractivity contribution < 1.29 is 9.18 Å². The van der Waals surface area contributed by atoms with Crippen molar-refractivity contribution in [3.8, 4) is 0 Å². The second kappa shape index (κ2) is 6.14. The van der Waals surface area contributed by atoms with E-state index in [0.29, 0.717) is 13.0 Å². The maximum absolute atomic E-state index is 12.6. The molecule has 1 aromatic carbocycles. The number of carbonyl (C=O) groups excluding carboxylic acids is 1. The Morgan fingerprint density at radius 2 is 1.93 bits per heavy atom. The molecule has 0 atom stereocenters. The summed E-state index contributed by atoms with van der Waals surface area (Å²) < 4.78 is 12.6. The number of hydrogen-bond donors (Lipinski definition) is 2. The fraction of sp³-hybridized carbons (Fsp3) is 0.364. The molecule has 0 bridgehead atoms. The normalized spacial score (nSPS) is 10.0. The number of likely N-dealkylation sites (N-methyl/N-ethyl adjacent to an activating group) is 1. The Morgan fingerprint density at radius 3 is 2.53 bits per heavy atom. The lowest BCUT2D eigenvalue weighted by Crippen LogP contribution is -2.31. The third-order valence-electron chi connectivity index (χ3n) is 1.98. The predicted octanol–water partition coefficient (Wildman–Crippen LogP) is 0.704.